The van der Waals surface area contributed by atoms with Gasteiger partial charge in [-0.3, -0.25) is 0 Å². The van der Waals surface area contributed by atoms with Gasteiger partial charge in [0.05, 0.1) is 12.1 Å². The van der Waals surface area contributed by atoms with Gasteiger partial charge in [0.15, 0.2) is 0 Å². The summed E-state index contributed by atoms with van der Waals surface area (Å²) in [5.74, 6) is -1.12. The molecule has 0 saturated heterocycles. The zero-order valence-corrected chi connectivity index (χ0v) is 10.4. The number of methoxy groups -OCH3 is 1. The number of nitrogens with one attached hydrogen (secondary N) is 2. The first-order valence-electron chi connectivity index (χ1n) is 5.79. The van der Waals surface area contributed by atoms with Gasteiger partial charge in [-0.25, -0.2) is 8.78 Å². The third-order valence-corrected chi connectivity index (χ3v) is 2.93. The van der Waals surface area contributed by atoms with Crippen LogP contribution in [0.2, 0.25) is 0 Å². The molecule has 18 heavy (non-hydrogen) atoms. The van der Waals surface area contributed by atoms with Crippen molar-refractivity contribution in [3.63, 3.8) is 0 Å². The summed E-state index contributed by atoms with van der Waals surface area (Å²) in [6.07, 6.45) is 0. The number of benzene rings is 1. The molecule has 0 atom stereocenters. The monoisotopic (exact) mass is 254 g/mol. The Labute approximate surface area is 104 Å². The van der Waals surface area contributed by atoms with Crippen LogP contribution in [-0.4, -0.2) is 25.2 Å². The van der Waals surface area contributed by atoms with Gasteiger partial charge in [-0.05, 0) is 18.6 Å². The number of hydrogen-bond donors (Lipinski definition) is 2. The van der Waals surface area contributed by atoms with Crippen molar-refractivity contribution in [2.75, 3.05) is 20.3 Å². The van der Waals surface area contributed by atoms with E-state index < -0.39 is 11.6 Å². The minimum atomic E-state index is -0.559. The van der Waals surface area contributed by atoms with E-state index in [0.29, 0.717) is 30.6 Å². The predicted octanol–water partition coefficient (Wildman–Crippen LogP) is 2.49. The minimum Gasteiger partial charge on any atom is -0.383 e. The third-order valence-electron chi connectivity index (χ3n) is 2.93. The van der Waals surface area contributed by atoms with Gasteiger partial charge >= 0.3 is 0 Å². The summed E-state index contributed by atoms with van der Waals surface area (Å²) in [4.78, 5) is 2.95. The fourth-order valence-electron chi connectivity index (χ4n) is 2.02. The summed E-state index contributed by atoms with van der Waals surface area (Å²) in [7, 11) is 1.63. The third kappa shape index (κ3) is 2.52. The van der Waals surface area contributed by atoms with E-state index in [0.717, 1.165) is 17.3 Å². The largest absolute Gasteiger partial charge is 0.383 e. The van der Waals surface area contributed by atoms with Crippen molar-refractivity contribution in [1.82, 2.24) is 10.3 Å². The second kappa shape index (κ2) is 5.46. The highest BCUT2D eigenvalue weighted by Crippen LogP contribution is 2.25. The number of halogens is 2. The number of aromatic nitrogens is 1. The van der Waals surface area contributed by atoms with E-state index in [9.17, 15) is 8.78 Å². The lowest BCUT2D eigenvalue weighted by Crippen LogP contribution is -2.18. The molecule has 2 aromatic rings. The molecule has 0 aliphatic rings. The Morgan fingerprint density at radius 1 is 1.33 bits per heavy atom. The van der Waals surface area contributed by atoms with Crippen LogP contribution in [0.5, 0.6) is 0 Å². The zero-order valence-electron chi connectivity index (χ0n) is 10.4. The lowest BCUT2D eigenvalue weighted by atomic mass is 10.1. The lowest BCUT2D eigenvalue weighted by molar-refractivity contribution is 0.199. The van der Waals surface area contributed by atoms with Crippen molar-refractivity contribution >= 4 is 10.9 Å². The summed E-state index contributed by atoms with van der Waals surface area (Å²) in [6.45, 7) is 3.70. The first-order valence-corrected chi connectivity index (χ1v) is 5.79. The highest BCUT2D eigenvalue weighted by atomic mass is 19.1. The summed E-state index contributed by atoms with van der Waals surface area (Å²) in [6, 6.07) is 2.25. The summed E-state index contributed by atoms with van der Waals surface area (Å²) >= 11 is 0. The van der Waals surface area contributed by atoms with E-state index in [4.69, 9.17) is 4.74 Å². The molecule has 3 nitrogen and oxygen atoms in total. The quantitative estimate of drug-likeness (QED) is 0.804. The fraction of sp³-hybridized carbons (Fsp3) is 0.385. The standard InChI is InChI=1S/C13H16F2N2O/c1-8-11(7-16-3-4-18-2)10-5-9(14)6-12(15)13(10)17-8/h5-6,16-17H,3-4,7H2,1-2H3. The molecule has 0 aliphatic heterocycles. The Morgan fingerprint density at radius 3 is 2.83 bits per heavy atom. The van der Waals surface area contributed by atoms with Gasteiger partial charge in [-0.2, -0.15) is 0 Å². The molecule has 2 N–H and O–H groups in total. The molecule has 1 heterocycles. The second-order valence-corrected chi connectivity index (χ2v) is 4.21. The number of H-pyrrole nitrogens is 1. The van der Waals surface area contributed by atoms with Crippen molar-refractivity contribution < 1.29 is 13.5 Å². The average molecular weight is 254 g/mol. The molecular weight excluding hydrogens is 238 g/mol. The number of rotatable bonds is 5. The highest BCUT2D eigenvalue weighted by molar-refractivity contribution is 5.85. The van der Waals surface area contributed by atoms with E-state index >= 15 is 0 Å². The molecule has 0 saturated carbocycles. The van der Waals surface area contributed by atoms with Crippen LogP contribution in [0.25, 0.3) is 10.9 Å². The van der Waals surface area contributed by atoms with Crippen LogP contribution in [0.3, 0.4) is 0 Å². The molecule has 98 valence electrons. The van der Waals surface area contributed by atoms with Gasteiger partial charge in [0.25, 0.3) is 0 Å². The smallest absolute Gasteiger partial charge is 0.150 e. The Kier molecular flexibility index (Phi) is 3.93. The maximum atomic E-state index is 13.6. The molecule has 0 bridgehead atoms. The Balaban J connectivity index is 2.29. The zero-order chi connectivity index (χ0) is 13.1. The van der Waals surface area contributed by atoms with Gasteiger partial charge < -0.3 is 15.0 Å². The van der Waals surface area contributed by atoms with Crippen molar-refractivity contribution in [1.29, 1.82) is 0 Å². The number of aryl methyl sites for hydroxylation is 1. The Morgan fingerprint density at radius 2 is 2.11 bits per heavy atom. The molecule has 1 aromatic carbocycles. The van der Waals surface area contributed by atoms with Gasteiger partial charge in [-0.1, -0.05) is 0 Å². The predicted molar refractivity (Wildman–Crippen MR) is 66.5 cm³/mol. The van der Waals surface area contributed by atoms with Crippen molar-refractivity contribution in [3.8, 4) is 0 Å². The van der Waals surface area contributed by atoms with Crippen LogP contribution >= 0.6 is 0 Å². The topological polar surface area (TPSA) is 37.0 Å². The van der Waals surface area contributed by atoms with Gasteiger partial charge in [0.2, 0.25) is 0 Å². The van der Waals surface area contributed by atoms with E-state index in [1.807, 2.05) is 6.92 Å². The maximum Gasteiger partial charge on any atom is 0.150 e. The van der Waals surface area contributed by atoms with E-state index in [-0.39, 0.29) is 0 Å². The molecule has 1 aromatic heterocycles. The van der Waals surface area contributed by atoms with Crippen LogP contribution in [0, 0.1) is 18.6 Å². The van der Waals surface area contributed by atoms with Crippen molar-refractivity contribution in [2.24, 2.45) is 0 Å². The van der Waals surface area contributed by atoms with Crippen LogP contribution in [0.4, 0.5) is 8.78 Å². The fourth-order valence-corrected chi connectivity index (χ4v) is 2.02. The number of ether oxygens (including phenoxy) is 1. The summed E-state index contributed by atoms with van der Waals surface area (Å²) < 4.78 is 31.7. The molecule has 0 spiro atoms. The van der Waals surface area contributed by atoms with Gasteiger partial charge in [0.1, 0.15) is 11.6 Å². The molecule has 0 amide bonds. The summed E-state index contributed by atoms with van der Waals surface area (Å²) in [5.41, 5.74) is 2.09. The molecular formula is C13H16F2N2O. The van der Waals surface area contributed by atoms with Crippen molar-refractivity contribution in [3.05, 3.63) is 35.0 Å². The van der Waals surface area contributed by atoms with Crippen LogP contribution in [0.15, 0.2) is 12.1 Å². The van der Waals surface area contributed by atoms with E-state index in [2.05, 4.69) is 10.3 Å². The number of fused-ring (bicyclic) bond motifs is 1. The molecule has 2 rings (SSSR count). The molecule has 0 aliphatic carbocycles. The minimum absolute atomic E-state index is 0.359. The van der Waals surface area contributed by atoms with E-state index in [1.165, 1.54) is 6.07 Å². The number of hydrogen-bond acceptors (Lipinski definition) is 2. The Hall–Kier alpha value is -1.46. The van der Waals surface area contributed by atoms with Crippen LogP contribution < -0.4 is 5.32 Å². The molecule has 0 unspecified atom stereocenters. The lowest BCUT2D eigenvalue weighted by Gasteiger charge is -2.04. The van der Waals surface area contributed by atoms with Gasteiger partial charge in [-0.15, -0.1) is 0 Å². The normalized spacial score (nSPS) is 11.3. The van der Waals surface area contributed by atoms with E-state index in [1.54, 1.807) is 7.11 Å². The molecule has 0 fully saturated rings. The average Bonchev–Trinajstić information content (AvgIpc) is 2.62. The van der Waals surface area contributed by atoms with Gasteiger partial charge in [0, 0.05) is 37.3 Å². The van der Waals surface area contributed by atoms with Crippen molar-refractivity contribution in [2.45, 2.75) is 13.5 Å². The molecule has 5 heteroatoms. The SMILES string of the molecule is COCCNCc1c(C)[nH]c2c(F)cc(F)cc12. The van der Waals surface area contributed by atoms with Crippen LogP contribution in [-0.2, 0) is 11.3 Å². The Bertz CT molecular complexity index is 551. The number of aromatic amines is 1. The first-order chi connectivity index (χ1) is 8.63. The first kappa shape index (κ1) is 13.0. The highest BCUT2D eigenvalue weighted by Gasteiger charge is 2.12. The molecule has 0 radical (unpaired) electrons. The second-order valence-electron chi connectivity index (χ2n) is 4.21. The maximum absolute atomic E-state index is 13.6. The van der Waals surface area contributed by atoms with Crippen LogP contribution in [0.1, 0.15) is 11.3 Å². The summed E-state index contributed by atoms with van der Waals surface area (Å²) in [5, 5.41) is 3.76.